The Balaban J connectivity index is 2.30. The predicted molar refractivity (Wildman–Crippen MR) is 50.6 cm³/mol. The first-order chi connectivity index (χ1) is 6.84. The van der Waals surface area contributed by atoms with Crippen LogP contribution in [0.25, 0.3) is 11.3 Å². The summed E-state index contributed by atoms with van der Waals surface area (Å²) in [4.78, 5) is 8.48. The maximum atomic E-state index is 4.38. The molecule has 2 aromatic rings. The molecule has 0 aromatic carbocycles. The van der Waals surface area contributed by atoms with Gasteiger partial charge in [0.1, 0.15) is 5.82 Å². The number of hydrogen-bond donors (Lipinski definition) is 0. The smallest absolute Gasteiger partial charge is 0.148 e. The average Bonchev–Trinajstić information content (AvgIpc) is 2.56. The molecule has 0 N–H and O–H groups in total. The van der Waals surface area contributed by atoms with Crippen LogP contribution in [0.3, 0.4) is 0 Å². The lowest BCUT2D eigenvalue weighted by Crippen LogP contribution is -1.97. The summed E-state index contributed by atoms with van der Waals surface area (Å²) < 4.78 is 0. The van der Waals surface area contributed by atoms with Crippen LogP contribution in [0.4, 0.5) is 0 Å². The van der Waals surface area contributed by atoms with Crippen molar-refractivity contribution in [2.24, 2.45) is 0 Å². The second-order valence-corrected chi connectivity index (χ2v) is 3.36. The van der Waals surface area contributed by atoms with Crippen molar-refractivity contribution in [2.45, 2.75) is 13.3 Å². The highest BCUT2D eigenvalue weighted by Gasteiger charge is 2.21. The average molecular weight is 184 g/mol. The Hall–Kier alpha value is -1.84. The Bertz CT molecular complexity index is 507. The normalized spacial score (nSPS) is 12.4. The first-order valence-electron chi connectivity index (χ1n) is 4.48. The molecule has 0 fully saturated rings. The van der Waals surface area contributed by atoms with Crippen LogP contribution in [0.1, 0.15) is 17.1 Å². The zero-order valence-electron chi connectivity index (χ0n) is 7.73. The van der Waals surface area contributed by atoms with E-state index in [0.717, 1.165) is 23.4 Å². The summed E-state index contributed by atoms with van der Waals surface area (Å²) in [6, 6.07) is 2.01. The highest BCUT2D eigenvalue weighted by Crippen LogP contribution is 2.32. The van der Waals surface area contributed by atoms with Gasteiger partial charge >= 0.3 is 0 Å². The van der Waals surface area contributed by atoms with Crippen molar-refractivity contribution < 1.29 is 0 Å². The topological polar surface area (TPSA) is 51.6 Å². The summed E-state index contributed by atoms with van der Waals surface area (Å²) in [6.07, 6.45) is 4.47. The summed E-state index contributed by atoms with van der Waals surface area (Å²) in [5.74, 6) is 0.709. The summed E-state index contributed by atoms with van der Waals surface area (Å²) in [7, 11) is 0. The zero-order valence-corrected chi connectivity index (χ0v) is 7.73. The van der Waals surface area contributed by atoms with E-state index in [4.69, 9.17) is 0 Å². The Kier molecular flexibility index (Phi) is 1.39. The second kappa shape index (κ2) is 2.57. The Morgan fingerprint density at radius 2 is 2.21 bits per heavy atom. The van der Waals surface area contributed by atoms with Gasteiger partial charge in [0, 0.05) is 24.4 Å². The molecule has 0 unspecified atom stereocenters. The third kappa shape index (κ3) is 0.937. The number of aromatic nitrogens is 4. The molecule has 0 aliphatic heterocycles. The number of hydrogen-bond acceptors (Lipinski definition) is 4. The molecule has 2 aromatic heterocycles. The standard InChI is InChI=1S/C10H8N4/c1-6-12-10-8-5-11-3-2-7(8)4-9(10)14-13-6/h2-3,5H,4H2,1H3. The molecule has 2 heterocycles. The molecule has 1 aliphatic carbocycles. The molecule has 14 heavy (non-hydrogen) atoms. The zero-order chi connectivity index (χ0) is 9.54. The fourth-order valence-corrected chi connectivity index (χ4v) is 1.73. The first-order valence-corrected chi connectivity index (χ1v) is 4.48. The number of nitrogens with zero attached hydrogens (tertiary/aromatic N) is 4. The van der Waals surface area contributed by atoms with Gasteiger partial charge in [-0.1, -0.05) is 0 Å². The molecule has 0 amide bonds. The minimum absolute atomic E-state index is 0.709. The van der Waals surface area contributed by atoms with Crippen LogP contribution < -0.4 is 0 Å². The van der Waals surface area contributed by atoms with Gasteiger partial charge < -0.3 is 0 Å². The van der Waals surface area contributed by atoms with Crippen molar-refractivity contribution in [1.82, 2.24) is 20.2 Å². The SMILES string of the molecule is Cc1nnc2c(n1)-c1cnccc1C2. The second-order valence-electron chi connectivity index (χ2n) is 3.36. The van der Waals surface area contributed by atoms with Gasteiger partial charge in [-0.25, -0.2) is 4.98 Å². The molecule has 0 radical (unpaired) electrons. The van der Waals surface area contributed by atoms with Gasteiger partial charge in [-0.05, 0) is 18.6 Å². The van der Waals surface area contributed by atoms with E-state index in [1.54, 1.807) is 6.20 Å². The summed E-state index contributed by atoms with van der Waals surface area (Å²) in [5, 5.41) is 8.09. The van der Waals surface area contributed by atoms with Gasteiger partial charge in [-0.3, -0.25) is 4.98 Å². The third-order valence-corrected chi connectivity index (χ3v) is 2.39. The molecular weight excluding hydrogens is 176 g/mol. The third-order valence-electron chi connectivity index (χ3n) is 2.39. The van der Waals surface area contributed by atoms with E-state index in [9.17, 15) is 0 Å². The van der Waals surface area contributed by atoms with Crippen LogP contribution in [0.15, 0.2) is 18.5 Å². The van der Waals surface area contributed by atoms with Crippen LogP contribution >= 0.6 is 0 Å². The van der Waals surface area contributed by atoms with Gasteiger partial charge in [0.15, 0.2) is 0 Å². The highest BCUT2D eigenvalue weighted by atomic mass is 15.2. The van der Waals surface area contributed by atoms with Gasteiger partial charge in [-0.15, -0.1) is 5.10 Å². The van der Waals surface area contributed by atoms with Crippen LogP contribution in [0.5, 0.6) is 0 Å². The highest BCUT2D eigenvalue weighted by molar-refractivity contribution is 5.70. The lowest BCUT2D eigenvalue weighted by atomic mass is 10.2. The maximum Gasteiger partial charge on any atom is 0.148 e. The van der Waals surface area contributed by atoms with Gasteiger partial charge in [0.05, 0.1) is 11.4 Å². The summed E-state index contributed by atoms with van der Waals surface area (Å²) in [6.45, 7) is 1.85. The van der Waals surface area contributed by atoms with E-state index < -0.39 is 0 Å². The minimum Gasteiger partial charge on any atom is -0.264 e. The predicted octanol–water partition coefficient (Wildman–Crippen LogP) is 1.15. The van der Waals surface area contributed by atoms with E-state index in [-0.39, 0.29) is 0 Å². The van der Waals surface area contributed by atoms with Gasteiger partial charge in [0.25, 0.3) is 0 Å². The van der Waals surface area contributed by atoms with Crippen molar-refractivity contribution in [3.8, 4) is 11.3 Å². The monoisotopic (exact) mass is 184 g/mol. The maximum absolute atomic E-state index is 4.38. The number of fused-ring (bicyclic) bond motifs is 3. The summed E-state index contributed by atoms with van der Waals surface area (Å²) in [5.41, 5.74) is 4.24. The van der Waals surface area contributed by atoms with E-state index in [2.05, 4.69) is 20.2 Å². The lowest BCUT2D eigenvalue weighted by molar-refractivity contribution is 0.872. The van der Waals surface area contributed by atoms with Crippen LogP contribution in [-0.2, 0) is 6.42 Å². The van der Waals surface area contributed by atoms with E-state index in [1.165, 1.54) is 5.56 Å². The van der Waals surface area contributed by atoms with E-state index in [1.807, 2.05) is 19.2 Å². The van der Waals surface area contributed by atoms with E-state index in [0.29, 0.717) is 5.82 Å². The molecule has 0 saturated heterocycles. The molecule has 0 spiro atoms. The quantitative estimate of drug-likeness (QED) is 0.525. The van der Waals surface area contributed by atoms with Crippen molar-refractivity contribution in [3.05, 3.63) is 35.5 Å². The number of pyridine rings is 1. The van der Waals surface area contributed by atoms with Crippen molar-refractivity contribution >= 4 is 0 Å². The molecule has 0 atom stereocenters. The molecule has 68 valence electrons. The minimum atomic E-state index is 0.709. The van der Waals surface area contributed by atoms with Crippen molar-refractivity contribution in [3.63, 3.8) is 0 Å². The fraction of sp³-hybridized carbons (Fsp3) is 0.200. The molecule has 3 rings (SSSR count). The van der Waals surface area contributed by atoms with Crippen LogP contribution in [0.2, 0.25) is 0 Å². The Morgan fingerprint density at radius 3 is 3.14 bits per heavy atom. The molecule has 0 bridgehead atoms. The molecule has 4 nitrogen and oxygen atoms in total. The van der Waals surface area contributed by atoms with E-state index >= 15 is 0 Å². The van der Waals surface area contributed by atoms with Crippen LogP contribution in [0, 0.1) is 6.92 Å². The molecule has 4 heteroatoms. The molecular formula is C10H8N4. The Labute approximate surface area is 81.1 Å². The van der Waals surface area contributed by atoms with Crippen molar-refractivity contribution in [2.75, 3.05) is 0 Å². The fourth-order valence-electron chi connectivity index (χ4n) is 1.73. The number of rotatable bonds is 0. The first kappa shape index (κ1) is 7.55. The number of aryl methyl sites for hydroxylation is 1. The summed E-state index contributed by atoms with van der Waals surface area (Å²) >= 11 is 0. The Morgan fingerprint density at radius 1 is 1.29 bits per heavy atom. The van der Waals surface area contributed by atoms with Crippen LogP contribution in [-0.4, -0.2) is 20.2 Å². The van der Waals surface area contributed by atoms with Crippen molar-refractivity contribution in [1.29, 1.82) is 0 Å². The molecule has 1 aliphatic rings. The lowest BCUT2D eigenvalue weighted by Gasteiger charge is -1.97. The van der Waals surface area contributed by atoms with Gasteiger partial charge in [0.2, 0.25) is 0 Å². The largest absolute Gasteiger partial charge is 0.264 e. The molecule has 0 saturated carbocycles. The van der Waals surface area contributed by atoms with Gasteiger partial charge in [-0.2, -0.15) is 5.10 Å².